The Morgan fingerprint density at radius 3 is 2.29 bits per heavy atom. The third-order valence-electron chi connectivity index (χ3n) is 4.93. The molecule has 0 aliphatic carbocycles. The molecular weight excluding hydrogens is 504 g/mol. The Kier molecular flexibility index (Phi) is 6.55. The molecule has 1 aliphatic heterocycles. The van der Waals surface area contributed by atoms with E-state index in [4.69, 9.17) is 9.47 Å². The molecule has 3 aromatic rings. The largest absolute Gasteiger partial charge is 0.497 e. The Balaban J connectivity index is 1.65. The lowest BCUT2D eigenvalue weighted by Crippen LogP contribution is -2.54. The number of halogens is 1. The highest BCUT2D eigenvalue weighted by atomic mass is 79.9. The van der Waals surface area contributed by atoms with E-state index in [1.54, 1.807) is 60.7 Å². The zero-order valence-corrected chi connectivity index (χ0v) is 19.4. The van der Waals surface area contributed by atoms with E-state index in [9.17, 15) is 19.2 Å². The number of benzene rings is 3. The van der Waals surface area contributed by atoms with Gasteiger partial charge in [0.2, 0.25) is 0 Å². The highest BCUT2D eigenvalue weighted by molar-refractivity contribution is 9.10. The number of hydrogen-bond acceptors (Lipinski definition) is 6. The van der Waals surface area contributed by atoms with Crippen molar-refractivity contribution in [2.24, 2.45) is 0 Å². The Labute approximate surface area is 202 Å². The summed E-state index contributed by atoms with van der Waals surface area (Å²) in [5, 5.41) is 2.16. The zero-order chi connectivity index (χ0) is 24.2. The normalized spacial score (nSPS) is 14.7. The van der Waals surface area contributed by atoms with E-state index >= 15 is 0 Å². The average Bonchev–Trinajstić information content (AvgIpc) is 2.83. The third kappa shape index (κ3) is 4.74. The fourth-order valence-electron chi connectivity index (χ4n) is 3.22. The molecule has 34 heavy (non-hydrogen) atoms. The summed E-state index contributed by atoms with van der Waals surface area (Å²) in [6, 6.07) is 18.4. The molecule has 9 heteroatoms. The molecule has 1 heterocycles. The van der Waals surface area contributed by atoms with Crippen LogP contribution in [0.25, 0.3) is 6.08 Å². The second-order valence-electron chi connectivity index (χ2n) is 7.09. The van der Waals surface area contributed by atoms with E-state index in [0.717, 1.165) is 9.37 Å². The summed E-state index contributed by atoms with van der Waals surface area (Å²) in [4.78, 5) is 51.4. The van der Waals surface area contributed by atoms with Crippen LogP contribution in [0.4, 0.5) is 10.5 Å². The lowest BCUT2D eigenvalue weighted by Gasteiger charge is -2.26. The molecule has 8 nitrogen and oxygen atoms in total. The van der Waals surface area contributed by atoms with Crippen LogP contribution in [0.15, 0.2) is 82.8 Å². The first-order valence-corrected chi connectivity index (χ1v) is 10.8. The molecule has 1 aliphatic rings. The minimum absolute atomic E-state index is 0.149. The van der Waals surface area contributed by atoms with Crippen LogP contribution in [0, 0.1) is 0 Å². The van der Waals surface area contributed by atoms with Crippen molar-refractivity contribution in [3.8, 4) is 11.5 Å². The van der Waals surface area contributed by atoms with Crippen molar-refractivity contribution in [2.75, 3.05) is 12.0 Å². The molecule has 1 saturated heterocycles. The molecule has 170 valence electrons. The summed E-state index contributed by atoms with van der Waals surface area (Å²) >= 11 is 3.31. The monoisotopic (exact) mass is 520 g/mol. The van der Waals surface area contributed by atoms with Gasteiger partial charge in [0.25, 0.3) is 11.8 Å². The Bertz CT molecular complexity index is 1320. The van der Waals surface area contributed by atoms with Crippen LogP contribution < -0.4 is 19.7 Å². The second kappa shape index (κ2) is 9.72. The van der Waals surface area contributed by atoms with Crippen LogP contribution in [0.5, 0.6) is 11.5 Å². The lowest BCUT2D eigenvalue weighted by molar-refractivity contribution is -0.122. The number of carbonyl (C=O) groups excluding carboxylic acids is 4. The van der Waals surface area contributed by atoms with Crippen LogP contribution in [0.3, 0.4) is 0 Å². The molecule has 0 unspecified atom stereocenters. The second-order valence-corrected chi connectivity index (χ2v) is 8.01. The number of barbiturate groups is 1. The molecule has 4 rings (SSSR count). The van der Waals surface area contributed by atoms with Gasteiger partial charge in [-0.3, -0.25) is 14.9 Å². The van der Waals surface area contributed by atoms with E-state index in [1.165, 1.54) is 25.3 Å². The Morgan fingerprint density at radius 2 is 1.62 bits per heavy atom. The first-order valence-electron chi connectivity index (χ1n) is 9.99. The molecule has 0 atom stereocenters. The van der Waals surface area contributed by atoms with Gasteiger partial charge in [-0.2, -0.15) is 0 Å². The van der Waals surface area contributed by atoms with E-state index in [-0.39, 0.29) is 17.0 Å². The summed E-state index contributed by atoms with van der Waals surface area (Å²) in [6.45, 7) is 0. The van der Waals surface area contributed by atoms with Crippen LogP contribution in [-0.4, -0.2) is 30.9 Å². The molecule has 0 aromatic heterocycles. The highest BCUT2D eigenvalue weighted by Gasteiger charge is 2.37. The van der Waals surface area contributed by atoms with Crippen LogP contribution in [0.1, 0.15) is 15.9 Å². The van der Waals surface area contributed by atoms with Crippen molar-refractivity contribution in [1.82, 2.24) is 5.32 Å². The van der Waals surface area contributed by atoms with Gasteiger partial charge in [-0.25, -0.2) is 14.5 Å². The summed E-state index contributed by atoms with van der Waals surface area (Å²) in [6.07, 6.45) is 1.28. The van der Waals surface area contributed by atoms with Crippen LogP contribution in [0.2, 0.25) is 0 Å². The van der Waals surface area contributed by atoms with Gasteiger partial charge < -0.3 is 9.47 Å². The van der Waals surface area contributed by atoms with Gasteiger partial charge >= 0.3 is 12.0 Å². The number of para-hydroxylation sites is 1. The Morgan fingerprint density at radius 1 is 0.941 bits per heavy atom. The number of hydrogen-bond donors (Lipinski definition) is 1. The maximum atomic E-state index is 13.1. The third-order valence-corrected chi connectivity index (χ3v) is 5.46. The number of esters is 1. The lowest BCUT2D eigenvalue weighted by atomic mass is 10.1. The van der Waals surface area contributed by atoms with Gasteiger partial charge in [0.15, 0.2) is 0 Å². The number of rotatable bonds is 5. The SMILES string of the molecule is COc1ccc(N2C(=O)NC(=O)/C(=C/c3ccccc3OC(=O)c3ccc(Br)cc3)C2=O)cc1. The molecule has 3 aromatic carbocycles. The van der Waals surface area contributed by atoms with Crippen molar-refractivity contribution in [1.29, 1.82) is 0 Å². The molecule has 1 fully saturated rings. The molecular formula is C25H17BrN2O6. The fourth-order valence-corrected chi connectivity index (χ4v) is 3.48. The number of anilines is 1. The first kappa shape index (κ1) is 22.9. The fraction of sp³-hybridized carbons (Fsp3) is 0.0400. The molecule has 0 bridgehead atoms. The predicted molar refractivity (Wildman–Crippen MR) is 128 cm³/mol. The first-order chi connectivity index (χ1) is 16.4. The number of methoxy groups -OCH3 is 1. The van der Waals surface area contributed by atoms with Crippen molar-refractivity contribution in [2.45, 2.75) is 0 Å². The summed E-state index contributed by atoms with van der Waals surface area (Å²) < 4.78 is 11.4. The van der Waals surface area contributed by atoms with E-state index < -0.39 is 23.8 Å². The van der Waals surface area contributed by atoms with E-state index in [0.29, 0.717) is 16.9 Å². The Hall–Kier alpha value is -4.24. The molecule has 0 spiro atoms. The van der Waals surface area contributed by atoms with Gasteiger partial charge in [0.05, 0.1) is 18.4 Å². The summed E-state index contributed by atoms with van der Waals surface area (Å²) in [5.74, 6) is -1.58. The number of amides is 4. The smallest absolute Gasteiger partial charge is 0.343 e. The maximum Gasteiger partial charge on any atom is 0.343 e. The van der Waals surface area contributed by atoms with Gasteiger partial charge in [-0.05, 0) is 60.7 Å². The summed E-state index contributed by atoms with van der Waals surface area (Å²) in [5.41, 5.74) is 0.614. The molecule has 0 saturated carbocycles. The number of nitrogens with one attached hydrogen (secondary N) is 1. The van der Waals surface area contributed by atoms with Crippen LogP contribution >= 0.6 is 15.9 Å². The van der Waals surface area contributed by atoms with Crippen LogP contribution in [-0.2, 0) is 9.59 Å². The molecule has 1 N–H and O–H groups in total. The van der Waals surface area contributed by atoms with Gasteiger partial charge in [-0.15, -0.1) is 0 Å². The number of carbonyl (C=O) groups is 4. The topological polar surface area (TPSA) is 102 Å². The minimum atomic E-state index is -0.868. The molecule has 0 radical (unpaired) electrons. The maximum absolute atomic E-state index is 13.1. The van der Waals surface area contributed by atoms with E-state index in [2.05, 4.69) is 21.2 Å². The number of nitrogens with zero attached hydrogens (tertiary/aromatic N) is 1. The number of urea groups is 1. The highest BCUT2D eigenvalue weighted by Crippen LogP contribution is 2.27. The quantitative estimate of drug-likeness (QED) is 0.232. The van der Waals surface area contributed by atoms with Crippen molar-refractivity contribution >= 4 is 51.5 Å². The average molecular weight is 521 g/mol. The standard InChI is InChI=1S/C25H17BrN2O6/c1-33-19-12-10-18(11-13-19)28-23(30)20(22(29)27-25(28)32)14-16-4-2-3-5-21(16)34-24(31)15-6-8-17(26)9-7-15/h2-14H,1H3,(H,27,29,32)/b20-14-. The number of imide groups is 2. The summed E-state index contributed by atoms with van der Waals surface area (Å²) in [7, 11) is 1.49. The van der Waals surface area contributed by atoms with Gasteiger partial charge in [0.1, 0.15) is 17.1 Å². The number of ether oxygens (including phenoxy) is 2. The van der Waals surface area contributed by atoms with Gasteiger partial charge in [0, 0.05) is 10.0 Å². The predicted octanol–water partition coefficient (Wildman–Crippen LogP) is 4.34. The van der Waals surface area contributed by atoms with Crippen molar-refractivity contribution in [3.05, 3.63) is 94.0 Å². The van der Waals surface area contributed by atoms with Gasteiger partial charge in [-0.1, -0.05) is 34.1 Å². The minimum Gasteiger partial charge on any atom is -0.497 e. The van der Waals surface area contributed by atoms with Crippen molar-refractivity contribution < 1.29 is 28.7 Å². The molecule has 4 amide bonds. The van der Waals surface area contributed by atoms with Crippen molar-refractivity contribution in [3.63, 3.8) is 0 Å². The zero-order valence-electron chi connectivity index (χ0n) is 17.8. The van der Waals surface area contributed by atoms with E-state index in [1.807, 2.05) is 0 Å².